The lowest BCUT2D eigenvalue weighted by atomic mass is 10.1. The quantitative estimate of drug-likeness (QED) is 0.277. The van der Waals surface area contributed by atoms with Gasteiger partial charge >= 0.3 is 5.95 Å². The van der Waals surface area contributed by atoms with Crippen LogP contribution in [0.1, 0.15) is 84.5 Å². The monoisotopic (exact) mass is 352 g/mol. The molecule has 3 N–H and O–H groups in total. The smallest absolute Gasteiger partial charge is 0.347 e. The van der Waals surface area contributed by atoms with E-state index in [1.807, 2.05) is 6.92 Å². The number of nitrogen functional groups attached to an aromatic ring is 1. The largest absolute Gasteiger partial charge is 0.754 e. The molecule has 1 heterocycles. The lowest BCUT2D eigenvalue weighted by molar-refractivity contribution is -0.577. The number of rotatable bonds is 15. The highest BCUT2D eigenvalue weighted by Crippen LogP contribution is 2.14. The van der Waals surface area contributed by atoms with Gasteiger partial charge in [-0.25, -0.2) is 4.73 Å². The highest BCUT2D eigenvalue weighted by molar-refractivity contribution is 5.36. The summed E-state index contributed by atoms with van der Waals surface area (Å²) in [6, 6.07) is 1.60. The van der Waals surface area contributed by atoms with E-state index < -0.39 is 0 Å². The first kappa shape index (κ1) is 21.3. The minimum Gasteiger partial charge on any atom is -0.754 e. The van der Waals surface area contributed by atoms with Crippen LogP contribution in [0.5, 0.6) is 5.88 Å². The summed E-state index contributed by atoms with van der Waals surface area (Å²) in [5.41, 5.74) is 5.61. The van der Waals surface area contributed by atoms with Gasteiger partial charge in [0.1, 0.15) is 0 Å². The Hall–Kier alpha value is -1.72. The van der Waals surface area contributed by atoms with E-state index in [-0.39, 0.29) is 5.95 Å². The molecule has 25 heavy (non-hydrogen) atoms. The van der Waals surface area contributed by atoms with Crippen molar-refractivity contribution in [2.45, 2.75) is 84.5 Å². The highest BCUT2D eigenvalue weighted by atomic mass is 16.5. The Balaban J connectivity index is 2.08. The molecule has 0 radical (unpaired) electrons. The molecule has 0 aliphatic rings. The fourth-order valence-electron chi connectivity index (χ4n) is 2.84. The first-order valence-corrected chi connectivity index (χ1v) is 9.95. The lowest BCUT2D eigenvalue weighted by Gasteiger charge is -2.14. The second-order valence-electron chi connectivity index (χ2n) is 6.53. The number of nitrogens with zero attached hydrogens (tertiary/aromatic N) is 2. The van der Waals surface area contributed by atoms with Gasteiger partial charge in [-0.2, -0.15) is 0 Å². The zero-order valence-electron chi connectivity index (χ0n) is 16.1. The molecule has 0 saturated carbocycles. The Morgan fingerprint density at radius 2 is 1.56 bits per heavy atom. The van der Waals surface area contributed by atoms with E-state index >= 15 is 0 Å². The van der Waals surface area contributed by atoms with Crippen LogP contribution in [0.2, 0.25) is 0 Å². The molecule has 0 aliphatic heterocycles. The number of nitrogens with one attached hydrogen (secondary N) is 1. The van der Waals surface area contributed by atoms with Crippen LogP contribution >= 0.6 is 0 Å². The molecule has 144 valence electrons. The van der Waals surface area contributed by atoms with Crippen molar-refractivity contribution >= 4 is 11.8 Å². The minimum atomic E-state index is -0.0904. The number of nitrogens with two attached hydrogens (primary N) is 1. The van der Waals surface area contributed by atoms with Crippen molar-refractivity contribution < 1.29 is 9.47 Å². The highest BCUT2D eigenvalue weighted by Gasteiger charge is 2.10. The lowest BCUT2D eigenvalue weighted by Crippen LogP contribution is -2.36. The van der Waals surface area contributed by atoms with Gasteiger partial charge in [0.25, 0.3) is 5.88 Å². The molecule has 0 bridgehead atoms. The maximum atomic E-state index is 11.9. The van der Waals surface area contributed by atoms with Crippen molar-refractivity contribution in [2.75, 3.05) is 24.2 Å². The Morgan fingerprint density at radius 1 is 1.00 bits per heavy atom. The van der Waals surface area contributed by atoms with Crippen molar-refractivity contribution in [2.24, 2.45) is 0 Å². The minimum absolute atomic E-state index is 0.0904. The van der Waals surface area contributed by atoms with Crippen LogP contribution in [0.15, 0.2) is 6.07 Å². The average Bonchev–Trinajstić information content (AvgIpc) is 2.60. The summed E-state index contributed by atoms with van der Waals surface area (Å²) >= 11 is 0. The summed E-state index contributed by atoms with van der Waals surface area (Å²) in [5, 5.41) is 15.0. The zero-order valence-corrected chi connectivity index (χ0v) is 16.1. The van der Waals surface area contributed by atoms with E-state index in [9.17, 15) is 5.21 Å². The number of anilines is 2. The van der Waals surface area contributed by atoms with Gasteiger partial charge in [0, 0.05) is 6.54 Å². The molecule has 1 aromatic heterocycles. The predicted molar refractivity (Wildman–Crippen MR) is 104 cm³/mol. The Morgan fingerprint density at radius 3 is 2.12 bits per heavy atom. The Kier molecular flexibility index (Phi) is 11.6. The van der Waals surface area contributed by atoms with E-state index in [2.05, 4.69) is 17.2 Å². The van der Waals surface area contributed by atoms with Gasteiger partial charge in [0.05, 0.1) is 12.7 Å². The maximum Gasteiger partial charge on any atom is 0.347 e. The van der Waals surface area contributed by atoms with Crippen molar-refractivity contribution in [1.82, 2.24) is 4.98 Å². The van der Waals surface area contributed by atoms with Crippen molar-refractivity contribution in [3.05, 3.63) is 11.3 Å². The van der Waals surface area contributed by atoms with Crippen LogP contribution in [-0.4, -0.2) is 18.1 Å². The second kappa shape index (κ2) is 13.6. The molecule has 0 aromatic carbocycles. The van der Waals surface area contributed by atoms with Crippen LogP contribution < -0.4 is 20.5 Å². The fourth-order valence-corrected chi connectivity index (χ4v) is 2.84. The van der Waals surface area contributed by atoms with Gasteiger partial charge in [-0.05, 0) is 13.3 Å². The molecule has 1 aromatic rings. The number of unbranched alkanes of at least 4 members (excludes halogenated alkanes) is 10. The molecular weight excluding hydrogens is 316 g/mol. The summed E-state index contributed by atoms with van der Waals surface area (Å²) in [5.74, 6) is 0.698. The molecule has 0 amide bonds. The van der Waals surface area contributed by atoms with Crippen LogP contribution in [0.3, 0.4) is 0 Å². The fraction of sp³-hybridized carbons (Fsp3) is 0.789. The third kappa shape index (κ3) is 9.37. The third-order valence-electron chi connectivity index (χ3n) is 4.29. The molecule has 1 rings (SSSR count). The van der Waals surface area contributed by atoms with E-state index in [1.165, 1.54) is 64.2 Å². The molecule has 0 unspecified atom stereocenters. The zero-order chi connectivity index (χ0) is 18.3. The summed E-state index contributed by atoms with van der Waals surface area (Å²) in [6.45, 7) is 5.38. The van der Waals surface area contributed by atoms with Crippen LogP contribution in [0.25, 0.3) is 0 Å². The first-order chi connectivity index (χ1) is 12.2. The van der Waals surface area contributed by atoms with Gasteiger partial charge in [0.15, 0.2) is 0 Å². The van der Waals surface area contributed by atoms with E-state index in [1.54, 1.807) is 6.07 Å². The molecule has 0 aliphatic carbocycles. The SMILES string of the molecule is CCCCCCCCCCCCCNc1cc(OCC)nc(N)[n+]1[O-]. The molecule has 0 atom stereocenters. The Bertz CT molecular complexity index is 469. The average molecular weight is 353 g/mol. The van der Waals surface area contributed by atoms with E-state index in [0.29, 0.717) is 23.0 Å². The van der Waals surface area contributed by atoms with Crippen molar-refractivity contribution in [1.29, 1.82) is 0 Å². The number of aromatic nitrogens is 2. The standard InChI is InChI=1S/C19H36N4O2/c1-3-5-6-7-8-9-10-11-12-13-14-15-21-17-16-18(25-4-2)22-19(20)23(17)24/h16,21H,3-15H2,1-2H3,(H2,20,22). The van der Waals surface area contributed by atoms with Gasteiger partial charge in [0.2, 0.25) is 5.82 Å². The summed E-state index contributed by atoms with van der Waals surface area (Å²) in [4.78, 5) is 3.90. The van der Waals surface area contributed by atoms with Crippen LogP contribution in [0.4, 0.5) is 11.8 Å². The molecule has 0 saturated heterocycles. The molecule has 6 heteroatoms. The summed E-state index contributed by atoms with van der Waals surface area (Å²) < 4.78 is 5.92. The number of hydrogen-bond acceptors (Lipinski definition) is 5. The topological polar surface area (TPSA) is 87.1 Å². The summed E-state index contributed by atoms with van der Waals surface area (Å²) in [6.07, 6.45) is 14.4. The van der Waals surface area contributed by atoms with Crippen molar-refractivity contribution in [3.8, 4) is 5.88 Å². The molecule has 0 spiro atoms. The number of hydrogen-bond donors (Lipinski definition) is 2. The Labute approximate surface area is 152 Å². The maximum absolute atomic E-state index is 11.9. The second-order valence-corrected chi connectivity index (χ2v) is 6.53. The number of ether oxygens (including phenoxy) is 1. The normalized spacial score (nSPS) is 10.8. The third-order valence-corrected chi connectivity index (χ3v) is 4.29. The first-order valence-electron chi connectivity index (χ1n) is 9.95. The summed E-state index contributed by atoms with van der Waals surface area (Å²) in [7, 11) is 0. The van der Waals surface area contributed by atoms with Crippen molar-refractivity contribution in [3.63, 3.8) is 0 Å². The molecule has 6 nitrogen and oxygen atoms in total. The van der Waals surface area contributed by atoms with Gasteiger partial charge in [-0.3, -0.25) is 0 Å². The van der Waals surface area contributed by atoms with E-state index in [0.717, 1.165) is 13.0 Å². The van der Waals surface area contributed by atoms with Gasteiger partial charge in [-0.1, -0.05) is 76.1 Å². The van der Waals surface area contributed by atoms with Gasteiger partial charge < -0.3 is 21.0 Å². The van der Waals surface area contributed by atoms with Crippen LogP contribution in [0, 0.1) is 5.21 Å². The van der Waals surface area contributed by atoms with E-state index in [4.69, 9.17) is 10.5 Å². The molecule has 0 fully saturated rings. The predicted octanol–water partition coefficient (Wildman–Crippen LogP) is 4.42. The van der Waals surface area contributed by atoms with Gasteiger partial charge in [-0.15, -0.1) is 0 Å². The molecular formula is C19H36N4O2. The van der Waals surface area contributed by atoms with Crippen LogP contribution in [-0.2, 0) is 0 Å².